The molecule has 0 amide bonds. The summed E-state index contributed by atoms with van der Waals surface area (Å²) in [5, 5.41) is 7.67. The van der Waals surface area contributed by atoms with Gasteiger partial charge in [-0.2, -0.15) is 5.10 Å². The second kappa shape index (κ2) is 7.13. The van der Waals surface area contributed by atoms with E-state index in [2.05, 4.69) is 32.3 Å². The fourth-order valence-corrected chi connectivity index (χ4v) is 2.24. The number of hydrogen-bond acceptors (Lipinski definition) is 3. The van der Waals surface area contributed by atoms with E-state index in [1.807, 2.05) is 37.5 Å². The van der Waals surface area contributed by atoms with Crippen molar-refractivity contribution in [3.8, 4) is 18.1 Å². The largest absolute Gasteiger partial charge is 0.481 e. The van der Waals surface area contributed by atoms with Gasteiger partial charge < -0.3 is 10.1 Å². The van der Waals surface area contributed by atoms with Crippen molar-refractivity contribution in [3.05, 3.63) is 46.2 Å². The molecule has 0 aliphatic heterocycles. The van der Waals surface area contributed by atoms with Crippen molar-refractivity contribution < 1.29 is 4.74 Å². The minimum Gasteiger partial charge on any atom is -0.481 e. The summed E-state index contributed by atoms with van der Waals surface area (Å²) >= 11 is 3.47. The van der Waals surface area contributed by atoms with Crippen LogP contribution in [0.2, 0.25) is 0 Å². The fourth-order valence-electron chi connectivity index (χ4n) is 1.83. The number of aromatic nitrogens is 2. The van der Waals surface area contributed by atoms with E-state index in [4.69, 9.17) is 11.2 Å². The number of nitrogens with one attached hydrogen (secondary N) is 1. The molecule has 4 nitrogen and oxygen atoms in total. The van der Waals surface area contributed by atoms with Crippen LogP contribution in [-0.2, 0) is 20.1 Å². The van der Waals surface area contributed by atoms with E-state index >= 15 is 0 Å². The molecule has 0 fully saturated rings. The Labute approximate surface area is 127 Å². The predicted molar refractivity (Wildman–Crippen MR) is 82.2 cm³/mol. The summed E-state index contributed by atoms with van der Waals surface area (Å²) in [6.45, 7) is 1.67. The van der Waals surface area contributed by atoms with Crippen LogP contribution in [0.4, 0.5) is 0 Å². The van der Waals surface area contributed by atoms with E-state index in [0.717, 1.165) is 21.5 Å². The van der Waals surface area contributed by atoms with Crippen LogP contribution < -0.4 is 10.1 Å². The van der Waals surface area contributed by atoms with Crippen molar-refractivity contribution in [2.24, 2.45) is 7.05 Å². The minimum absolute atomic E-state index is 0.273. The van der Waals surface area contributed by atoms with Gasteiger partial charge in [0.25, 0.3) is 0 Å². The van der Waals surface area contributed by atoms with Gasteiger partial charge in [0.1, 0.15) is 12.4 Å². The molecule has 20 heavy (non-hydrogen) atoms. The average Bonchev–Trinajstić information content (AvgIpc) is 2.84. The van der Waals surface area contributed by atoms with Gasteiger partial charge in [0.05, 0.1) is 5.69 Å². The number of rotatable bonds is 6. The van der Waals surface area contributed by atoms with Crippen LogP contribution in [0.15, 0.2) is 34.9 Å². The molecule has 0 unspecified atom stereocenters. The Hall–Kier alpha value is -1.77. The first-order valence-electron chi connectivity index (χ1n) is 6.23. The molecule has 0 radical (unpaired) electrons. The molecule has 1 aromatic carbocycles. The first-order valence-corrected chi connectivity index (χ1v) is 7.02. The van der Waals surface area contributed by atoms with Crippen LogP contribution in [0, 0.1) is 12.3 Å². The summed E-state index contributed by atoms with van der Waals surface area (Å²) in [5.41, 5.74) is 2.07. The van der Waals surface area contributed by atoms with Crippen LogP contribution in [0.3, 0.4) is 0 Å². The van der Waals surface area contributed by atoms with Gasteiger partial charge in [0.15, 0.2) is 0 Å². The second-order valence-corrected chi connectivity index (χ2v) is 5.24. The van der Waals surface area contributed by atoms with Gasteiger partial charge in [0, 0.05) is 36.4 Å². The highest BCUT2D eigenvalue weighted by Crippen LogP contribution is 2.23. The first-order chi connectivity index (χ1) is 9.69. The predicted octanol–water partition coefficient (Wildman–Crippen LogP) is 2.48. The number of halogens is 1. The van der Waals surface area contributed by atoms with Crippen molar-refractivity contribution >= 4 is 15.9 Å². The lowest BCUT2D eigenvalue weighted by Crippen LogP contribution is -2.14. The molecule has 2 rings (SSSR count). The van der Waals surface area contributed by atoms with Crippen molar-refractivity contribution in [2.45, 2.75) is 13.1 Å². The smallest absolute Gasteiger partial charge is 0.148 e. The molecular weight excluding hydrogens is 318 g/mol. The maximum absolute atomic E-state index is 5.53. The quantitative estimate of drug-likeness (QED) is 0.825. The molecule has 0 aliphatic carbocycles. The molecule has 1 aromatic heterocycles. The van der Waals surface area contributed by atoms with E-state index in [0.29, 0.717) is 13.1 Å². The average molecular weight is 334 g/mol. The van der Waals surface area contributed by atoms with E-state index in [1.54, 1.807) is 4.68 Å². The monoisotopic (exact) mass is 333 g/mol. The van der Waals surface area contributed by atoms with Gasteiger partial charge in [-0.05, 0) is 24.3 Å². The summed E-state index contributed by atoms with van der Waals surface area (Å²) in [4.78, 5) is 0. The highest BCUT2D eigenvalue weighted by molar-refractivity contribution is 9.10. The zero-order valence-corrected chi connectivity index (χ0v) is 12.9. The molecule has 0 aliphatic rings. The van der Waals surface area contributed by atoms with E-state index in [9.17, 15) is 0 Å². The Morgan fingerprint density at radius 2 is 2.25 bits per heavy atom. The van der Waals surface area contributed by atoms with Gasteiger partial charge in [-0.25, -0.2) is 0 Å². The molecule has 0 atom stereocenters. The maximum atomic E-state index is 5.53. The van der Waals surface area contributed by atoms with E-state index in [1.165, 1.54) is 0 Å². The van der Waals surface area contributed by atoms with E-state index < -0.39 is 0 Å². The molecule has 0 spiro atoms. The van der Waals surface area contributed by atoms with Crippen molar-refractivity contribution in [2.75, 3.05) is 6.61 Å². The topological polar surface area (TPSA) is 39.1 Å². The zero-order valence-electron chi connectivity index (χ0n) is 11.3. The maximum Gasteiger partial charge on any atom is 0.148 e. The van der Waals surface area contributed by atoms with Crippen LogP contribution in [0.5, 0.6) is 5.75 Å². The second-order valence-electron chi connectivity index (χ2n) is 4.33. The number of ether oxygens (including phenoxy) is 1. The lowest BCUT2D eigenvalue weighted by molar-refractivity contribution is 0.364. The number of nitrogens with zero attached hydrogens (tertiary/aromatic N) is 2. The van der Waals surface area contributed by atoms with Crippen molar-refractivity contribution in [1.82, 2.24) is 15.1 Å². The molecule has 0 bridgehead atoms. The SMILES string of the molecule is C#CCOc1ccc(Br)cc1CNCc1ccn(C)n1. The Morgan fingerprint density at radius 1 is 1.40 bits per heavy atom. The van der Waals surface area contributed by atoms with Gasteiger partial charge >= 0.3 is 0 Å². The standard InChI is InChI=1S/C15H16BrN3O/c1-3-8-20-15-5-4-13(16)9-12(15)10-17-11-14-6-7-19(2)18-14/h1,4-7,9,17H,8,10-11H2,2H3. The van der Waals surface area contributed by atoms with Crippen LogP contribution in [0.1, 0.15) is 11.3 Å². The fraction of sp³-hybridized carbons (Fsp3) is 0.267. The number of aryl methyl sites for hydroxylation is 1. The third-order valence-electron chi connectivity index (χ3n) is 2.72. The normalized spacial score (nSPS) is 10.2. The molecule has 0 saturated carbocycles. The van der Waals surface area contributed by atoms with Crippen LogP contribution in [0.25, 0.3) is 0 Å². The molecule has 1 heterocycles. The third kappa shape index (κ3) is 4.12. The Morgan fingerprint density at radius 3 is 2.95 bits per heavy atom. The summed E-state index contributed by atoms with van der Waals surface area (Å²) in [6.07, 6.45) is 7.15. The van der Waals surface area contributed by atoms with Crippen molar-refractivity contribution in [1.29, 1.82) is 0 Å². The molecule has 0 saturated heterocycles. The van der Waals surface area contributed by atoms with Gasteiger partial charge in [0.2, 0.25) is 0 Å². The lowest BCUT2D eigenvalue weighted by Gasteiger charge is -2.11. The summed E-state index contributed by atoms with van der Waals surface area (Å²) in [7, 11) is 1.91. The number of hydrogen-bond donors (Lipinski definition) is 1. The summed E-state index contributed by atoms with van der Waals surface area (Å²) in [5.74, 6) is 3.28. The Bertz CT molecular complexity index is 616. The Kier molecular flexibility index (Phi) is 5.22. The first kappa shape index (κ1) is 14.6. The minimum atomic E-state index is 0.273. The molecule has 104 valence electrons. The third-order valence-corrected chi connectivity index (χ3v) is 3.22. The molecule has 1 N–H and O–H groups in total. The van der Waals surface area contributed by atoms with Crippen molar-refractivity contribution in [3.63, 3.8) is 0 Å². The van der Waals surface area contributed by atoms with Gasteiger partial charge in [-0.15, -0.1) is 6.42 Å². The lowest BCUT2D eigenvalue weighted by atomic mass is 10.2. The number of benzene rings is 1. The highest BCUT2D eigenvalue weighted by Gasteiger charge is 2.05. The van der Waals surface area contributed by atoms with Crippen LogP contribution in [-0.4, -0.2) is 16.4 Å². The van der Waals surface area contributed by atoms with E-state index in [-0.39, 0.29) is 6.61 Å². The zero-order chi connectivity index (χ0) is 14.4. The molecular formula is C15H16BrN3O. The van der Waals surface area contributed by atoms with Gasteiger partial charge in [-0.3, -0.25) is 4.68 Å². The van der Waals surface area contributed by atoms with Gasteiger partial charge in [-0.1, -0.05) is 21.9 Å². The van der Waals surface area contributed by atoms with Crippen LogP contribution >= 0.6 is 15.9 Å². The Balaban J connectivity index is 1.97. The number of terminal acetylenes is 1. The molecule has 5 heteroatoms. The summed E-state index contributed by atoms with van der Waals surface area (Å²) < 4.78 is 8.33. The summed E-state index contributed by atoms with van der Waals surface area (Å²) in [6, 6.07) is 7.87. The highest BCUT2D eigenvalue weighted by atomic mass is 79.9. The molecule has 2 aromatic rings.